The van der Waals surface area contributed by atoms with Crippen LogP contribution in [0.4, 0.5) is 5.95 Å². The lowest BCUT2D eigenvalue weighted by Gasteiger charge is -2.21. The van der Waals surface area contributed by atoms with Crippen molar-refractivity contribution in [1.82, 2.24) is 49.4 Å². The topological polar surface area (TPSA) is 393 Å². The number of primary amides is 2. The summed E-state index contributed by atoms with van der Waals surface area (Å²) in [7, 11) is 0. The fraction of sp³-hybridized carbons (Fsp3) is 0.340. The number of thiazole rings is 1. The quantitative estimate of drug-likeness (QED) is 0.0204. The first-order valence-electron chi connectivity index (χ1n) is 24.5. The van der Waals surface area contributed by atoms with Gasteiger partial charge in [-0.25, -0.2) is 19.7 Å². The number of nitrogens with two attached hydrogens (primary N) is 2. The molecule has 5 aromatic heterocycles. The molecule has 0 aliphatic carbocycles. The zero-order valence-corrected chi connectivity index (χ0v) is 44.1. The number of rotatable bonds is 25. The number of anilines is 1. The minimum atomic E-state index is -1.46. The number of pyridine rings is 1. The first-order valence-corrected chi connectivity index (χ1v) is 25.3. The number of imide groups is 1. The fourth-order valence-corrected chi connectivity index (χ4v) is 9.12. The van der Waals surface area contributed by atoms with Crippen LogP contribution in [0.25, 0.3) is 21.4 Å². The van der Waals surface area contributed by atoms with Gasteiger partial charge in [0.2, 0.25) is 35.3 Å². The number of aryl methyl sites for hydroxylation is 4. The van der Waals surface area contributed by atoms with Gasteiger partial charge >= 0.3 is 17.8 Å². The van der Waals surface area contributed by atoms with Gasteiger partial charge in [-0.3, -0.25) is 62.6 Å². The summed E-state index contributed by atoms with van der Waals surface area (Å²) >= 11 is 1.04. The number of hydrogen-bond donors (Lipinski definition) is 6. The predicted molar refractivity (Wildman–Crippen MR) is 278 cm³/mol. The predicted octanol–water partition coefficient (Wildman–Crippen LogP) is 1.37. The van der Waals surface area contributed by atoms with Crippen molar-refractivity contribution in [3.8, 4) is 5.75 Å². The Balaban J connectivity index is 1.11. The number of hydrogen-bond acceptors (Lipinski definition) is 18. The second-order valence-electron chi connectivity index (χ2n) is 17.6. The van der Waals surface area contributed by atoms with E-state index in [9.17, 15) is 53.1 Å². The molecule has 1 aliphatic rings. The molecule has 414 valence electrons. The van der Waals surface area contributed by atoms with Crippen molar-refractivity contribution in [3.63, 3.8) is 0 Å². The van der Waals surface area contributed by atoms with Crippen LogP contribution in [0.1, 0.15) is 99.1 Å². The molecule has 0 radical (unpaired) electrons. The van der Waals surface area contributed by atoms with Gasteiger partial charge in [0, 0.05) is 63.3 Å². The van der Waals surface area contributed by atoms with Crippen molar-refractivity contribution in [2.75, 3.05) is 25.1 Å². The first kappa shape index (κ1) is 57.0. The molecule has 7 rings (SSSR count). The maximum absolute atomic E-state index is 13.8. The van der Waals surface area contributed by atoms with E-state index in [1.807, 2.05) is 6.92 Å². The molecule has 0 fully saturated rings. The van der Waals surface area contributed by atoms with E-state index in [4.69, 9.17) is 25.4 Å². The molecule has 28 nitrogen and oxygen atoms in total. The summed E-state index contributed by atoms with van der Waals surface area (Å²) in [6.07, 6.45) is 6.21. The number of carboxylic acids is 1. The number of carbonyl (C=O) groups excluding carboxylic acids is 9. The fourth-order valence-electron chi connectivity index (χ4n) is 8.02. The van der Waals surface area contributed by atoms with E-state index in [-0.39, 0.29) is 89.6 Å². The molecule has 6 heterocycles. The summed E-state index contributed by atoms with van der Waals surface area (Å²) in [6, 6.07) is 3.25. The summed E-state index contributed by atoms with van der Waals surface area (Å²) < 4.78 is 22.5. The number of carboxylic acid groups (broad SMARTS) is 1. The number of nitrogens with one attached hydrogen (secondary N) is 3. The summed E-state index contributed by atoms with van der Waals surface area (Å²) in [6.45, 7) is 7.72. The van der Waals surface area contributed by atoms with Gasteiger partial charge in [-0.05, 0) is 57.9 Å². The molecule has 79 heavy (non-hydrogen) atoms. The Kier molecular flexibility index (Phi) is 18.0. The van der Waals surface area contributed by atoms with E-state index < -0.39 is 84.2 Å². The maximum atomic E-state index is 13.8. The highest BCUT2D eigenvalue weighted by atomic mass is 32.1. The summed E-state index contributed by atoms with van der Waals surface area (Å²) in [4.78, 5) is 145. The maximum Gasteiger partial charge on any atom is 0.328 e. The van der Waals surface area contributed by atoms with E-state index in [0.29, 0.717) is 45.1 Å². The Labute approximate surface area is 451 Å². The molecule has 8 N–H and O–H groups in total. The molecular formula is C50H54N14O14S. The minimum absolute atomic E-state index is 0.0222. The molecule has 0 saturated heterocycles. The Morgan fingerprint density at radius 3 is 2.29 bits per heavy atom. The lowest BCUT2D eigenvalue weighted by Crippen LogP contribution is -2.53. The molecule has 0 saturated carbocycles. The number of ether oxygens (including phenoxy) is 2. The molecule has 0 unspecified atom stereocenters. The van der Waals surface area contributed by atoms with Gasteiger partial charge in [-0.2, -0.15) is 10.1 Å². The third-order valence-corrected chi connectivity index (χ3v) is 12.9. The number of nitrogens with zero attached hydrogens (tertiary/aromatic N) is 9. The highest BCUT2D eigenvalue weighted by Gasteiger charge is 2.30. The van der Waals surface area contributed by atoms with E-state index in [1.54, 1.807) is 52.8 Å². The van der Waals surface area contributed by atoms with Crippen molar-refractivity contribution < 1.29 is 66.9 Å². The van der Waals surface area contributed by atoms with E-state index in [2.05, 4.69) is 41.0 Å². The number of aliphatic carboxylic acids is 1. The SMILES string of the molecule is CCc1nc(C)oc1C(=O)/N=c1\sc2cc(C(N)=O)cc(OCCCOC(=O)[C@H](C)NC(=O)[C@H](CCC(=O)O)NC(=O)CN3C(=O)C=CC3=O)c2n1C/C=C/Cn1c(NC(=O)c2cc(C)nn2CC)nc2cc(C(N)=O)cnc21. The summed E-state index contributed by atoms with van der Waals surface area (Å²) in [5, 5.41) is 21.1. The van der Waals surface area contributed by atoms with Crippen molar-refractivity contribution in [2.24, 2.45) is 16.5 Å². The molecule has 8 amide bonds. The number of esters is 1. The lowest BCUT2D eigenvalue weighted by atomic mass is 10.1. The molecule has 0 spiro atoms. The first-order chi connectivity index (χ1) is 37.6. The van der Waals surface area contributed by atoms with Gasteiger partial charge in [0.15, 0.2) is 16.3 Å². The largest absolute Gasteiger partial charge is 0.491 e. The minimum Gasteiger partial charge on any atom is -0.491 e. The number of aromatic nitrogens is 7. The number of benzene rings is 1. The van der Waals surface area contributed by atoms with Gasteiger partial charge < -0.3 is 45.7 Å². The van der Waals surface area contributed by atoms with Crippen LogP contribution in [0.3, 0.4) is 0 Å². The van der Waals surface area contributed by atoms with E-state index in [0.717, 1.165) is 23.5 Å². The average Bonchev–Trinajstić information content (AvgIpc) is 4.25. The number of allylic oxidation sites excluding steroid dienone is 2. The number of imidazole rings is 1. The van der Waals surface area contributed by atoms with Gasteiger partial charge in [0.05, 0.1) is 34.9 Å². The number of oxazole rings is 1. The van der Waals surface area contributed by atoms with Crippen molar-refractivity contribution in [2.45, 2.75) is 92.0 Å². The van der Waals surface area contributed by atoms with Crippen LogP contribution in [0.5, 0.6) is 5.75 Å². The van der Waals surface area contributed by atoms with Gasteiger partial charge in [-0.1, -0.05) is 30.4 Å². The zero-order valence-electron chi connectivity index (χ0n) is 43.3. The summed E-state index contributed by atoms with van der Waals surface area (Å²) in [5.74, 6) is -7.85. The third-order valence-electron chi connectivity index (χ3n) is 11.8. The number of fused-ring (bicyclic) bond motifs is 2. The van der Waals surface area contributed by atoms with Gasteiger partial charge in [0.25, 0.3) is 17.7 Å². The second kappa shape index (κ2) is 25.0. The van der Waals surface area contributed by atoms with Crippen LogP contribution in [-0.4, -0.2) is 135 Å². The van der Waals surface area contributed by atoms with Gasteiger partial charge in [-0.15, -0.1) is 0 Å². The molecule has 1 aromatic carbocycles. The summed E-state index contributed by atoms with van der Waals surface area (Å²) in [5.41, 5.74) is 13.7. The van der Waals surface area contributed by atoms with Crippen LogP contribution in [0.2, 0.25) is 0 Å². The van der Waals surface area contributed by atoms with Crippen molar-refractivity contribution >= 4 is 97.9 Å². The number of carbonyl (C=O) groups is 10. The zero-order chi connectivity index (χ0) is 57.2. The number of amides is 8. The van der Waals surface area contributed by atoms with Crippen molar-refractivity contribution in [1.29, 1.82) is 0 Å². The molecule has 2 atom stereocenters. The van der Waals surface area contributed by atoms with E-state index >= 15 is 0 Å². The van der Waals surface area contributed by atoms with Gasteiger partial charge in [0.1, 0.15) is 41.1 Å². The molecule has 1 aliphatic heterocycles. The van der Waals surface area contributed by atoms with Crippen molar-refractivity contribution in [3.05, 3.63) is 99.4 Å². The monoisotopic (exact) mass is 1110 g/mol. The highest BCUT2D eigenvalue weighted by molar-refractivity contribution is 7.16. The molecule has 6 aromatic rings. The molecule has 0 bridgehead atoms. The molecular weight excluding hydrogens is 1050 g/mol. The van der Waals surface area contributed by atoms with Crippen LogP contribution in [0, 0.1) is 13.8 Å². The van der Waals surface area contributed by atoms with Crippen LogP contribution >= 0.6 is 11.3 Å². The van der Waals surface area contributed by atoms with Crippen LogP contribution in [0.15, 0.2) is 64.2 Å². The second-order valence-corrected chi connectivity index (χ2v) is 18.6. The standard InChI is InChI=1S/C50H54N14O14S/c1-6-30-41(78-27(5)55-30)47(74)59-50-61(15-8-9-16-62-44-32(20-29(23-53-44)43(52)71)57-49(62)58-46(73)33-19-25(3)60-64(33)7-2)40-34(21-28(42(51)70)22-35(40)79-50)76-17-10-18-77-48(75)26(4)54-45(72)31(11-14-39(68)69)56-36(65)24-63-37(66)12-13-38(63)67/h8-9,12-13,19-23,26,31H,6-7,10-11,14-18,24H2,1-5H3,(H2,51,70)(H2,52,71)(H,54,72)(H,56,65)(H,68,69)(H,57,58,73)/b9-8+,59-50-/t26-,31-/m0/s1. The Hall–Kier alpha value is -9.67. The Morgan fingerprint density at radius 1 is 0.911 bits per heavy atom. The van der Waals surface area contributed by atoms with E-state index in [1.165, 1.54) is 31.3 Å². The Bertz CT molecular complexity index is 3560. The molecule has 29 heteroatoms. The normalized spacial score (nSPS) is 13.3. The average molecular weight is 1110 g/mol. The smallest absolute Gasteiger partial charge is 0.328 e. The Morgan fingerprint density at radius 2 is 1.62 bits per heavy atom. The lowest BCUT2D eigenvalue weighted by molar-refractivity contribution is -0.148. The van der Waals surface area contributed by atoms with Crippen LogP contribution in [-0.2, 0) is 59.6 Å². The third kappa shape index (κ3) is 13.7. The van der Waals surface area contributed by atoms with Crippen LogP contribution < -0.4 is 37.0 Å². The highest BCUT2D eigenvalue weighted by Crippen LogP contribution is 2.31.